The van der Waals surface area contributed by atoms with Gasteiger partial charge in [-0.15, -0.1) is 0 Å². The SMILES string of the molecule is COCC(Nc1cc2c(cc1Cl)OCO2)C(C)C. The largest absolute Gasteiger partial charge is 0.454 e. The van der Waals surface area contributed by atoms with Crippen molar-refractivity contribution in [2.45, 2.75) is 19.9 Å². The Balaban J connectivity index is 2.17. The quantitative estimate of drug-likeness (QED) is 0.893. The van der Waals surface area contributed by atoms with E-state index in [0.717, 1.165) is 11.4 Å². The molecule has 2 rings (SSSR count). The molecule has 0 fully saturated rings. The highest BCUT2D eigenvalue weighted by molar-refractivity contribution is 6.33. The van der Waals surface area contributed by atoms with Crippen LogP contribution in [0.5, 0.6) is 11.5 Å². The lowest BCUT2D eigenvalue weighted by Gasteiger charge is -2.23. The smallest absolute Gasteiger partial charge is 0.231 e. The van der Waals surface area contributed by atoms with E-state index in [9.17, 15) is 0 Å². The third kappa shape index (κ3) is 2.82. The van der Waals surface area contributed by atoms with E-state index < -0.39 is 0 Å². The topological polar surface area (TPSA) is 39.7 Å². The third-order valence-corrected chi connectivity index (χ3v) is 3.27. The van der Waals surface area contributed by atoms with Gasteiger partial charge < -0.3 is 19.5 Å². The van der Waals surface area contributed by atoms with Gasteiger partial charge in [0.15, 0.2) is 11.5 Å². The van der Waals surface area contributed by atoms with Crippen molar-refractivity contribution in [1.29, 1.82) is 0 Å². The molecule has 1 aromatic rings. The van der Waals surface area contributed by atoms with Crippen molar-refractivity contribution in [1.82, 2.24) is 0 Å². The summed E-state index contributed by atoms with van der Waals surface area (Å²) in [5.74, 6) is 1.85. The first-order valence-electron chi connectivity index (χ1n) is 5.96. The highest BCUT2D eigenvalue weighted by atomic mass is 35.5. The minimum Gasteiger partial charge on any atom is -0.454 e. The van der Waals surface area contributed by atoms with Gasteiger partial charge in [-0.25, -0.2) is 0 Å². The number of hydrogen-bond donors (Lipinski definition) is 1. The van der Waals surface area contributed by atoms with Crippen LogP contribution in [0, 0.1) is 5.92 Å². The summed E-state index contributed by atoms with van der Waals surface area (Å²) in [6, 6.07) is 3.85. The van der Waals surface area contributed by atoms with Gasteiger partial charge in [-0.3, -0.25) is 0 Å². The van der Waals surface area contributed by atoms with Crippen molar-refractivity contribution in [2.24, 2.45) is 5.92 Å². The Morgan fingerprint density at radius 2 is 2.00 bits per heavy atom. The number of rotatable bonds is 5. The highest BCUT2D eigenvalue weighted by Crippen LogP contribution is 2.39. The molecule has 100 valence electrons. The van der Waals surface area contributed by atoms with Crippen LogP contribution in [0.15, 0.2) is 12.1 Å². The van der Waals surface area contributed by atoms with Crippen LogP contribution in [-0.2, 0) is 4.74 Å². The van der Waals surface area contributed by atoms with Crippen molar-refractivity contribution in [2.75, 3.05) is 25.8 Å². The van der Waals surface area contributed by atoms with E-state index in [-0.39, 0.29) is 12.8 Å². The standard InChI is InChI=1S/C13H18ClNO3/c1-8(2)11(6-16-3)15-10-5-13-12(4-9(10)14)17-7-18-13/h4-5,8,11,15H,6-7H2,1-3H3. The van der Waals surface area contributed by atoms with Crippen LogP contribution in [0.2, 0.25) is 5.02 Å². The molecule has 5 heteroatoms. The number of halogens is 1. The Bertz CT molecular complexity index is 423. The van der Waals surface area contributed by atoms with E-state index >= 15 is 0 Å². The summed E-state index contributed by atoms with van der Waals surface area (Å²) in [6.45, 7) is 5.15. The average molecular weight is 272 g/mol. The van der Waals surface area contributed by atoms with E-state index in [1.165, 1.54) is 0 Å². The van der Waals surface area contributed by atoms with Gasteiger partial charge in [0, 0.05) is 19.2 Å². The second kappa shape index (κ2) is 5.67. The number of nitrogens with one attached hydrogen (secondary N) is 1. The zero-order valence-corrected chi connectivity index (χ0v) is 11.6. The molecule has 0 radical (unpaired) electrons. The summed E-state index contributed by atoms with van der Waals surface area (Å²) in [5.41, 5.74) is 0.844. The zero-order chi connectivity index (χ0) is 13.1. The molecule has 4 nitrogen and oxygen atoms in total. The zero-order valence-electron chi connectivity index (χ0n) is 10.8. The van der Waals surface area contributed by atoms with Gasteiger partial charge in [-0.2, -0.15) is 0 Å². The first-order valence-corrected chi connectivity index (χ1v) is 6.34. The molecule has 1 aliphatic rings. The molecule has 0 aromatic heterocycles. The number of ether oxygens (including phenoxy) is 3. The molecule has 0 saturated heterocycles. The van der Waals surface area contributed by atoms with Crippen molar-refractivity contribution >= 4 is 17.3 Å². The van der Waals surface area contributed by atoms with E-state index in [1.54, 1.807) is 13.2 Å². The van der Waals surface area contributed by atoms with Crippen LogP contribution in [0.3, 0.4) is 0 Å². The molecule has 1 atom stereocenters. The molecule has 1 heterocycles. The highest BCUT2D eigenvalue weighted by Gasteiger charge is 2.19. The molecule has 1 aliphatic heterocycles. The van der Waals surface area contributed by atoms with Gasteiger partial charge in [0.2, 0.25) is 6.79 Å². The summed E-state index contributed by atoms with van der Waals surface area (Å²) in [7, 11) is 1.69. The molecule has 1 unspecified atom stereocenters. The van der Waals surface area contributed by atoms with Crippen LogP contribution in [-0.4, -0.2) is 26.6 Å². The van der Waals surface area contributed by atoms with Crippen molar-refractivity contribution in [3.05, 3.63) is 17.2 Å². The van der Waals surface area contributed by atoms with E-state index in [2.05, 4.69) is 19.2 Å². The summed E-state index contributed by atoms with van der Waals surface area (Å²) in [4.78, 5) is 0. The molecule has 0 saturated carbocycles. The van der Waals surface area contributed by atoms with E-state index in [0.29, 0.717) is 23.3 Å². The third-order valence-electron chi connectivity index (χ3n) is 2.95. The fraction of sp³-hybridized carbons (Fsp3) is 0.538. The number of fused-ring (bicyclic) bond motifs is 1. The second-order valence-corrected chi connectivity index (χ2v) is 5.04. The van der Waals surface area contributed by atoms with Crippen molar-refractivity contribution < 1.29 is 14.2 Å². The van der Waals surface area contributed by atoms with E-state index in [4.69, 9.17) is 25.8 Å². The monoisotopic (exact) mass is 271 g/mol. The number of anilines is 1. The minimum atomic E-state index is 0.202. The lowest BCUT2D eigenvalue weighted by molar-refractivity contribution is 0.171. The Morgan fingerprint density at radius 3 is 2.61 bits per heavy atom. The molecule has 18 heavy (non-hydrogen) atoms. The molecular formula is C13H18ClNO3. The minimum absolute atomic E-state index is 0.202. The van der Waals surface area contributed by atoms with Gasteiger partial charge in [0.25, 0.3) is 0 Å². The van der Waals surface area contributed by atoms with E-state index in [1.807, 2.05) is 6.07 Å². The normalized spacial score (nSPS) is 14.9. The van der Waals surface area contributed by atoms with Crippen LogP contribution in [0.4, 0.5) is 5.69 Å². The first-order chi connectivity index (χ1) is 8.61. The van der Waals surface area contributed by atoms with Gasteiger partial charge in [0.1, 0.15) is 0 Å². The molecule has 1 aromatic carbocycles. The van der Waals surface area contributed by atoms with Crippen LogP contribution in [0.25, 0.3) is 0 Å². The maximum absolute atomic E-state index is 6.22. The van der Waals surface area contributed by atoms with Gasteiger partial charge >= 0.3 is 0 Å². The first kappa shape index (κ1) is 13.3. The Kier molecular flexibility index (Phi) is 4.19. The fourth-order valence-electron chi connectivity index (χ4n) is 1.81. The van der Waals surface area contributed by atoms with Gasteiger partial charge in [-0.05, 0) is 5.92 Å². The second-order valence-electron chi connectivity index (χ2n) is 4.64. The molecule has 0 bridgehead atoms. The summed E-state index contributed by atoms with van der Waals surface area (Å²) >= 11 is 6.22. The fourth-order valence-corrected chi connectivity index (χ4v) is 2.02. The van der Waals surface area contributed by atoms with Gasteiger partial charge in [-0.1, -0.05) is 25.4 Å². The van der Waals surface area contributed by atoms with Crippen LogP contribution >= 0.6 is 11.6 Å². The molecular weight excluding hydrogens is 254 g/mol. The predicted octanol–water partition coefficient (Wildman–Crippen LogP) is 3.15. The lowest BCUT2D eigenvalue weighted by atomic mass is 10.0. The maximum Gasteiger partial charge on any atom is 0.231 e. The maximum atomic E-state index is 6.22. The number of benzene rings is 1. The van der Waals surface area contributed by atoms with Crippen molar-refractivity contribution in [3.63, 3.8) is 0 Å². The Morgan fingerprint density at radius 1 is 1.33 bits per heavy atom. The number of methoxy groups -OCH3 is 1. The van der Waals surface area contributed by atoms with Crippen LogP contribution < -0.4 is 14.8 Å². The average Bonchev–Trinajstić information content (AvgIpc) is 2.75. The summed E-state index contributed by atoms with van der Waals surface area (Å²) in [6.07, 6.45) is 0. The van der Waals surface area contributed by atoms with Gasteiger partial charge in [0.05, 0.1) is 23.4 Å². The molecule has 1 N–H and O–H groups in total. The Labute approximate surface area is 112 Å². The predicted molar refractivity (Wildman–Crippen MR) is 71.7 cm³/mol. The number of hydrogen-bond acceptors (Lipinski definition) is 4. The Hall–Kier alpha value is -1.13. The molecule has 0 amide bonds. The summed E-state index contributed by atoms with van der Waals surface area (Å²) < 4.78 is 15.8. The lowest BCUT2D eigenvalue weighted by Crippen LogP contribution is -2.30. The van der Waals surface area contributed by atoms with Crippen molar-refractivity contribution in [3.8, 4) is 11.5 Å². The van der Waals surface area contributed by atoms with Crippen LogP contribution in [0.1, 0.15) is 13.8 Å². The summed E-state index contributed by atoms with van der Waals surface area (Å²) in [5, 5.41) is 4.01. The molecule has 0 spiro atoms. The molecule has 0 aliphatic carbocycles.